The lowest BCUT2D eigenvalue weighted by Crippen LogP contribution is -2.47. The van der Waals surface area contributed by atoms with E-state index in [1.807, 2.05) is 37.3 Å². The van der Waals surface area contributed by atoms with E-state index in [1.165, 1.54) is 22.2 Å². The summed E-state index contributed by atoms with van der Waals surface area (Å²) < 4.78 is 0. The zero-order valence-corrected chi connectivity index (χ0v) is 21.1. The second-order valence-corrected chi connectivity index (χ2v) is 10.3. The highest BCUT2D eigenvalue weighted by atomic mass is 35.5. The maximum absolute atomic E-state index is 13.7. The molecular weight excluding hydrogens is 478 g/mol. The van der Waals surface area contributed by atoms with Gasteiger partial charge in [0.1, 0.15) is 10.6 Å². The van der Waals surface area contributed by atoms with Gasteiger partial charge in [0.2, 0.25) is 0 Å². The number of piperazine rings is 1. The molecule has 2 aliphatic rings. The molecule has 2 aliphatic heterocycles. The van der Waals surface area contributed by atoms with Crippen molar-refractivity contribution >= 4 is 40.9 Å². The summed E-state index contributed by atoms with van der Waals surface area (Å²) in [5.74, 6) is -0.562. The van der Waals surface area contributed by atoms with E-state index in [2.05, 4.69) is 34.1 Å². The number of imide groups is 1. The molecule has 0 unspecified atom stereocenters. The Hall–Kier alpha value is -3.06. The molecule has 0 atom stereocenters. The van der Waals surface area contributed by atoms with Gasteiger partial charge in [0.05, 0.1) is 5.69 Å². The molecule has 35 heavy (non-hydrogen) atoms. The van der Waals surface area contributed by atoms with E-state index in [0.717, 1.165) is 30.1 Å². The molecule has 178 valence electrons. The predicted molar refractivity (Wildman–Crippen MR) is 141 cm³/mol. The molecule has 0 aliphatic carbocycles. The molecule has 5 rings (SSSR count). The number of anilines is 1. The second kappa shape index (κ2) is 10.3. The molecule has 0 bridgehead atoms. The highest BCUT2D eigenvalue weighted by Gasteiger charge is 2.43. The van der Waals surface area contributed by atoms with Crippen LogP contribution in [0.1, 0.15) is 11.1 Å². The number of amides is 2. The number of rotatable bonds is 6. The summed E-state index contributed by atoms with van der Waals surface area (Å²) >= 11 is 7.41. The van der Waals surface area contributed by atoms with Crippen LogP contribution in [0.5, 0.6) is 0 Å². The maximum atomic E-state index is 13.7. The zero-order valence-electron chi connectivity index (χ0n) is 19.5. The molecule has 0 spiro atoms. The van der Waals surface area contributed by atoms with Crippen molar-refractivity contribution in [1.29, 1.82) is 0 Å². The lowest BCUT2D eigenvalue weighted by molar-refractivity contribution is -0.121. The topological polar surface area (TPSA) is 43.9 Å². The van der Waals surface area contributed by atoms with Crippen LogP contribution in [0.3, 0.4) is 0 Å². The minimum atomic E-state index is -0.287. The Morgan fingerprint density at radius 2 is 1.46 bits per heavy atom. The molecule has 0 saturated carbocycles. The number of carbonyl (C=O) groups is 2. The fourth-order valence-electron chi connectivity index (χ4n) is 4.39. The van der Waals surface area contributed by atoms with Gasteiger partial charge < -0.3 is 4.90 Å². The van der Waals surface area contributed by atoms with Gasteiger partial charge in [0, 0.05) is 42.6 Å². The third kappa shape index (κ3) is 5.15. The van der Waals surface area contributed by atoms with E-state index < -0.39 is 0 Å². The Balaban J connectivity index is 1.40. The van der Waals surface area contributed by atoms with E-state index in [1.54, 1.807) is 24.3 Å². The van der Waals surface area contributed by atoms with Crippen LogP contribution in [0, 0.1) is 6.92 Å². The summed E-state index contributed by atoms with van der Waals surface area (Å²) in [7, 11) is 0. The van der Waals surface area contributed by atoms with E-state index in [4.69, 9.17) is 11.6 Å². The van der Waals surface area contributed by atoms with E-state index in [0.29, 0.717) is 34.4 Å². The Morgan fingerprint density at radius 3 is 2.11 bits per heavy atom. The lowest BCUT2D eigenvalue weighted by Gasteiger charge is -2.36. The highest BCUT2D eigenvalue weighted by molar-refractivity contribution is 8.04. The molecule has 3 aromatic carbocycles. The number of nitrogens with zero attached hydrogens (tertiary/aromatic N) is 3. The lowest BCUT2D eigenvalue weighted by atomic mass is 10.2. The summed E-state index contributed by atoms with van der Waals surface area (Å²) in [6, 6.07) is 25.2. The molecule has 1 fully saturated rings. The van der Waals surface area contributed by atoms with E-state index >= 15 is 0 Å². The van der Waals surface area contributed by atoms with Gasteiger partial charge in [-0.15, -0.1) is 0 Å². The van der Waals surface area contributed by atoms with Crippen molar-refractivity contribution in [3.63, 3.8) is 0 Å². The number of benzene rings is 3. The van der Waals surface area contributed by atoms with Gasteiger partial charge in [0.25, 0.3) is 11.8 Å². The van der Waals surface area contributed by atoms with Gasteiger partial charge in [0.15, 0.2) is 0 Å². The number of carbonyl (C=O) groups excluding carboxylic acids is 2. The molecule has 0 N–H and O–H groups in total. The predicted octanol–water partition coefficient (Wildman–Crippen LogP) is 5.34. The number of thioether (sulfide) groups is 1. The van der Waals surface area contributed by atoms with Crippen LogP contribution >= 0.6 is 23.4 Å². The highest BCUT2D eigenvalue weighted by Crippen LogP contribution is 2.39. The van der Waals surface area contributed by atoms with Gasteiger partial charge in [-0.1, -0.05) is 71.4 Å². The summed E-state index contributed by atoms with van der Waals surface area (Å²) in [6.45, 7) is 5.93. The molecule has 1 saturated heterocycles. The Bertz CT molecular complexity index is 1250. The largest absolute Gasteiger partial charge is 0.363 e. The van der Waals surface area contributed by atoms with Gasteiger partial charge in [-0.2, -0.15) is 0 Å². The van der Waals surface area contributed by atoms with Crippen molar-refractivity contribution in [1.82, 2.24) is 9.80 Å². The Labute approximate surface area is 215 Å². The summed E-state index contributed by atoms with van der Waals surface area (Å²) in [5.41, 5.74) is 3.45. The summed E-state index contributed by atoms with van der Waals surface area (Å²) in [6.07, 6.45) is 0. The Kier molecular flexibility index (Phi) is 6.95. The first-order valence-corrected chi connectivity index (χ1v) is 12.8. The fourth-order valence-corrected chi connectivity index (χ4v) is 5.51. The van der Waals surface area contributed by atoms with Crippen LogP contribution in [0.25, 0.3) is 0 Å². The van der Waals surface area contributed by atoms with Crippen molar-refractivity contribution in [2.45, 2.75) is 18.4 Å². The summed E-state index contributed by atoms with van der Waals surface area (Å²) in [5, 5.41) is 0.560. The average molecular weight is 504 g/mol. The van der Waals surface area contributed by atoms with Gasteiger partial charge in [-0.25, -0.2) is 4.90 Å². The number of hydrogen-bond donors (Lipinski definition) is 0. The van der Waals surface area contributed by atoms with E-state index in [9.17, 15) is 9.59 Å². The maximum Gasteiger partial charge on any atom is 0.283 e. The monoisotopic (exact) mass is 503 g/mol. The van der Waals surface area contributed by atoms with Crippen molar-refractivity contribution in [3.8, 4) is 0 Å². The third-order valence-electron chi connectivity index (χ3n) is 6.28. The first-order chi connectivity index (χ1) is 17.0. The van der Waals surface area contributed by atoms with Gasteiger partial charge in [-0.3, -0.25) is 14.5 Å². The molecule has 3 aromatic rings. The molecule has 0 aromatic heterocycles. The normalized spacial score (nSPS) is 17.0. The molecule has 7 heteroatoms. The van der Waals surface area contributed by atoms with Crippen LogP contribution < -0.4 is 4.90 Å². The minimum Gasteiger partial charge on any atom is -0.363 e. The van der Waals surface area contributed by atoms with Crippen LogP contribution in [-0.4, -0.2) is 47.8 Å². The molecular formula is C28H26ClN3O2S. The van der Waals surface area contributed by atoms with Crippen LogP contribution in [0.15, 0.2) is 94.4 Å². The third-order valence-corrected chi connectivity index (χ3v) is 7.61. The fraction of sp³-hybridized carbons (Fsp3) is 0.214. The van der Waals surface area contributed by atoms with Crippen molar-refractivity contribution in [2.75, 3.05) is 31.1 Å². The van der Waals surface area contributed by atoms with E-state index in [-0.39, 0.29) is 11.8 Å². The quantitative estimate of drug-likeness (QED) is 0.425. The number of hydrogen-bond acceptors (Lipinski definition) is 5. The number of halogens is 1. The standard InChI is InChI=1S/C28H26ClN3O2S/c1-20-7-13-24(14-8-20)35-26-25(27(33)32(28(26)34)23-11-9-22(29)10-12-23)31-17-15-30(16-18-31)19-21-5-3-2-4-6-21/h2-14H,15-19H2,1H3. The molecule has 0 radical (unpaired) electrons. The molecule has 2 heterocycles. The van der Waals surface area contributed by atoms with Crippen LogP contribution in [0.4, 0.5) is 5.69 Å². The Morgan fingerprint density at radius 1 is 0.800 bits per heavy atom. The average Bonchev–Trinajstić information content (AvgIpc) is 3.11. The SMILES string of the molecule is Cc1ccc(SC2=C(N3CCN(Cc4ccccc4)CC3)C(=O)N(c3ccc(Cl)cc3)C2=O)cc1. The molecule has 5 nitrogen and oxygen atoms in total. The zero-order chi connectivity index (χ0) is 24.4. The first kappa shape index (κ1) is 23.7. The van der Waals surface area contributed by atoms with Crippen molar-refractivity contribution in [3.05, 3.63) is 106 Å². The van der Waals surface area contributed by atoms with Gasteiger partial charge in [-0.05, 0) is 48.9 Å². The number of aryl methyl sites for hydroxylation is 1. The summed E-state index contributed by atoms with van der Waals surface area (Å²) in [4.78, 5) is 34.4. The second-order valence-electron chi connectivity index (χ2n) is 8.76. The minimum absolute atomic E-state index is 0.275. The molecule has 2 amide bonds. The first-order valence-electron chi connectivity index (χ1n) is 11.6. The van der Waals surface area contributed by atoms with Crippen LogP contribution in [0.2, 0.25) is 5.02 Å². The van der Waals surface area contributed by atoms with Crippen molar-refractivity contribution < 1.29 is 9.59 Å². The smallest absolute Gasteiger partial charge is 0.283 e. The van der Waals surface area contributed by atoms with Gasteiger partial charge >= 0.3 is 0 Å². The van der Waals surface area contributed by atoms with Crippen LogP contribution in [-0.2, 0) is 16.1 Å². The van der Waals surface area contributed by atoms with Crippen molar-refractivity contribution in [2.24, 2.45) is 0 Å².